The van der Waals surface area contributed by atoms with Crippen LogP contribution in [0.5, 0.6) is 5.75 Å². The minimum Gasteiger partial charge on any atom is -0.505 e. The van der Waals surface area contributed by atoms with Crippen LogP contribution in [0.1, 0.15) is 0 Å². The standard InChI is InChI=1S/C6HCl5O.ClH.Ta/c7-1-2(8)4(10)6(12)5(11)3(1)9;;/h12H;1H;. The number of hydrogen-bond acceptors (Lipinski definition) is 1. The van der Waals surface area contributed by atoms with Crippen LogP contribution in [0.25, 0.3) is 0 Å². The third-order valence-electron chi connectivity index (χ3n) is 1.19. The zero-order valence-corrected chi connectivity index (χ0v) is 14.0. The first kappa shape index (κ1) is 17.9. The molecule has 8 heteroatoms. The molecule has 0 aliphatic rings. The molecule has 79 valence electrons. The average molecular weight is 484 g/mol. The van der Waals surface area contributed by atoms with Crippen LogP contribution in [0.15, 0.2) is 0 Å². The molecule has 0 fully saturated rings. The van der Waals surface area contributed by atoms with Crippen molar-refractivity contribution in [1.29, 1.82) is 0 Å². The van der Waals surface area contributed by atoms with Crippen LogP contribution >= 0.6 is 70.4 Å². The van der Waals surface area contributed by atoms with Gasteiger partial charge in [0.15, 0.2) is 5.75 Å². The third-order valence-corrected chi connectivity index (χ3v) is 3.44. The van der Waals surface area contributed by atoms with E-state index in [2.05, 4.69) is 0 Å². The number of aromatic hydroxyl groups is 1. The molecular formula is C6H2Cl6OTa. The van der Waals surface area contributed by atoms with Crippen molar-refractivity contribution in [2.24, 2.45) is 0 Å². The van der Waals surface area contributed by atoms with Gasteiger partial charge in [0.1, 0.15) is 10.0 Å². The van der Waals surface area contributed by atoms with Crippen molar-refractivity contribution in [3.63, 3.8) is 0 Å². The maximum atomic E-state index is 9.20. The summed E-state index contributed by atoms with van der Waals surface area (Å²) in [4.78, 5) is 0. The second kappa shape index (κ2) is 6.95. The number of benzene rings is 1. The molecule has 1 aromatic carbocycles. The Labute approximate surface area is 128 Å². The van der Waals surface area contributed by atoms with Gasteiger partial charge in [-0.15, -0.1) is 12.4 Å². The van der Waals surface area contributed by atoms with Gasteiger partial charge in [-0.1, -0.05) is 58.0 Å². The normalized spacial score (nSPS) is 8.93. The van der Waals surface area contributed by atoms with E-state index in [0.717, 1.165) is 0 Å². The first-order valence-electron chi connectivity index (χ1n) is 2.67. The maximum Gasteiger partial charge on any atom is 0.155 e. The molecule has 0 saturated heterocycles. The predicted octanol–water partition coefficient (Wildman–Crippen LogP) is 5.08. The van der Waals surface area contributed by atoms with E-state index < -0.39 is 0 Å². The van der Waals surface area contributed by atoms with Crippen LogP contribution in [0.2, 0.25) is 25.1 Å². The molecule has 14 heavy (non-hydrogen) atoms. The summed E-state index contributed by atoms with van der Waals surface area (Å²) in [7, 11) is 0. The van der Waals surface area contributed by atoms with Crippen molar-refractivity contribution in [2.45, 2.75) is 0 Å². The number of halogens is 6. The van der Waals surface area contributed by atoms with E-state index in [1.54, 1.807) is 0 Å². The fourth-order valence-electron chi connectivity index (χ4n) is 0.593. The molecule has 0 unspecified atom stereocenters. The summed E-state index contributed by atoms with van der Waals surface area (Å²) in [6.07, 6.45) is 0. The fourth-order valence-corrected chi connectivity index (χ4v) is 1.72. The van der Waals surface area contributed by atoms with Gasteiger partial charge in [0.25, 0.3) is 0 Å². The van der Waals surface area contributed by atoms with Gasteiger partial charge in [0.05, 0.1) is 15.1 Å². The summed E-state index contributed by atoms with van der Waals surface area (Å²) in [5.41, 5.74) is 0. The molecule has 0 bridgehead atoms. The minimum atomic E-state index is -0.363. The summed E-state index contributed by atoms with van der Waals surface area (Å²) in [6.45, 7) is 0. The number of phenols is 1. The van der Waals surface area contributed by atoms with Crippen LogP contribution in [0.3, 0.4) is 0 Å². The van der Waals surface area contributed by atoms with Gasteiger partial charge in [-0.05, 0) is 0 Å². The molecule has 1 rings (SSSR count). The van der Waals surface area contributed by atoms with Crippen molar-refractivity contribution in [3.05, 3.63) is 25.1 Å². The van der Waals surface area contributed by atoms with E-state index in [-0.39, 0.29) is 65.6 Å². The first-order chi connectivity index (χ1) is 5.46. The zero-order valence-electron chi connectivity index (χ0n) is 6.19. The number of phenolic OH excluding ortho intramolecular Hbond substituents is 1. The molecule has 0 aliphatic heterocycles. The minimum absolute atomic E-state index is 0. The van der Waals surface area contributed by atoms with Gasteiger partial charge in [-0.2, -0.15) is 0 Å². The van der Waals surface area contributed by atoms with Crippen LogP contribution in [-0.4, -0.2) is 5.11 Å². The fraction of sp³-hybridized carbons (Fsp3) is 0. The van der Waals surface area contributed by atoms with Gasteiger partial charge in [0.2, 0.25) is 0 Å². The molecule has 0 aliphatic carbocycles. The largest absolute Gasteiger partial charge is 0.505 e. The van der Waals surface area contributed by atoms with Crippen LogP contribution in [-0.2, 0) is 22.4 Å². The van der Waals surface area contributed by atoms with E-state index in [1.165, 1.54) is 0 Å². The van der Waals surface area contributed by atoms with E-state index in [4.69, 9.17) is 58.0 Å². The molecular weight excluding hydrogens is 482 g/mol. The zero-order chi connectivity index (χ0) is 9.46. The predicted molar refractivity (Wildman–Crippen MR) is 60.4 cm³/mol. The Morgan fingerprint density at radius 2 is 0.857 bits per heavy atom. The quantitative estimate of drug-likeness (QED) is 0.403. The van der Waals surface area contributed by atoms with E-state index in [0.29, 0.717) is 0 Å². The Bertz CT molecular complexity index is 237. The second-order valence-electron chi connectivity index (χ2n) is 1.92. The maximum absolute atomic E-state index is 9.20. The summed E-state index contributed by atoms with van der Waals surface area (Å²) in [6, 6.07) is 0. The van der Waals surface area contributed by atoms with E-state index in [1.807, 2.05) is 0 Å². The SMILES string of the molecule is Cl.Oc1c(Cl)c(Cl)c(Cl)c(Cl)c1Cl.[Ta]. The first-order valence-corrected chi connectivity index (χ1v) is 4.56. The van der Waals surface area contributed by atoms with Gasteiger partial charge < -0.3 is 5.11 Å². The molecule has 0 atom stereocenters. The second-order valence-corrected chi connectivity index (χ2v) is 3.81. The van der Waals surface area contributed by atoms with Crippen molar-refractivity contribution < 1.29 is 27.5 Å². The van der Waals surface area contributed by atoms with Gasteiger partial charge in [0, 0.05) is 22.4 Å². The third kappa shape index (κ3) is 3.24. The Morgan fingerprint density at radius 3 is 1.14 bits per heavy atom. The molecule has 0 spiro atoms. The van der Waals surface area contributed by atoms with E-state index in [9.17, 15) is 5.11 Å². The molecule has 1 nitrogen and oxygen atoms in total. The van der Waals surface area contributed by atoms with Crippen LogP contribution in [0, 0.1) is 0 Å². The number of rotatable bonds is 0. The Balaban J connectivity index is 0. The molecule has 1 aromatic rings. The molecule has 0 amide bonds. The smallest absolute Gasteiger partial charge is 0.155 e. The van der Waals surface area contributed by atoms with E-state index >= 15 is 0 Å². The van der Waals surface area contributed by atoms with Crippen LogP contribution in [0.4, 0.5) is 0 Å². The average Bonchev–Trinajstić information content (AvgIpc) is 2.08. The number of hydrogen-bond donors (Lipinski definition) is 1. The molecule has 1 N–H and O–H groups in total. The van der Waals surface area contributed by atoms with Crippen LogP contribution < -0.4 is 0 Å². The topological polar surface area (TPSA) is 20.2 Å². The molecule has 0 heterocycles. The molecule has 1 radical (unpaired) electrons. The molecule has 0 saturated carbocycles. The van der Waals surface area contributed by atoms with Crippen molar-refractivity contribution >= 4 is 70.4 Å². The van der Waals surface area contributed by atoms with Gasteiger partial charge >= 0.3 is 0 Å². The molecule has 0 aromatic heterocycles. The Morgan fingerprint density at radius 1 is 0.643 bits per heavy atom. The summed E-state index contributed by atoms with van der Waals surface area (Å²) < 4.78 is 0. The Kier molecular flexibility index (Phi) is 8.88. The monoisotopic (exact) mass is 481 g/mol. The summed E-state index contributed by atoms with van der Waals surface area (Å²) in [5, 5.41) is 9.01. The summed E-state index contributed by atoms with van der Waals surface area (Å²) >= 11 is 27.9. The van der Waals surface area contributed by atoms with Gasteiger partial charge in [-0.3, -0.25) is 0 Å². The van der Waals surface area contributed by atoms with Crippen molar-refractivity contribution in [3.8, 4) is 5.75 Å². The van der Waals surface area contributed by atoms with Gasteiger partial charge in [-0.25, -0.2) is 0 Å². The van der Waals surface area contributed by atoms with Crippen molar-refractivity contribution in [1.82, 2.24) is 0 Å². The Hall–Kier alpha value is 1.50. The van der Waals surface area contributed by atoms with Crippen molar-refractivity contribution in [2.75, 3.05) is 0 Å². The summed E-state index contributed by atoms with van der Waals surface area (Å²) in [5.74, 6) is -0.363.